The maximum Gasteiger partial charge on any atom is 0.227 e. The number of piperidine rings is 1. The quantitative estimate of drug-likeness (QED) is 0.867. The van der Waals surface area contributed by atoms with E-state index >= 15 is 0 Å². The molecule has 7 heteroatoms. The van der Waals surface area contributed by atoms with Crippen LogP contribution in [0.2, 0.25) is 0 Å². The molecule has 0 atom stereocenters. The van der Waals surface area contributed by atoms with Gasteiger partial charge in [-0.2, -0.15) is 4.98 Å². The molecule has 2 fully saturated rings. The molecule has 2 aliphatic rings. The van der Waals surface area contributed by atoms with Crippen LogP contribution in [-0.4, -0.2) is 42.1 Å². The van der Waals surface area contributed by atoms with Gasteiger partial charge in [0.25, 0.3) is 0 Å². The van der Waals surface area contributed by atoms with Gasteiger partial charge in [-0.05, 0) is 24.3 Å². The third kappa shape index (κ3) is 3.38. The average molecular weight is 391 g/mol. The summed E-state index contributed by atoms with van der Waals surface area (Å²) in [5.74, 6) is 1.15. The standard InChI is InChI=1S/C17H19BrN4O2/c18-13-2-1-3-14(12-13)20-15-4-7-19-16(21-15)22-8-5-17(6-9-22)23-10-11-24-17/h1-4,7,12H,5-6,8-11H2,(H,19,20,21). The van der Waals surface area contributed by atoms with Gasteiger partial charge < -0.3 is 19.7 Å². The van der Waals surface area contributed by atoms with Crippen molar-refractivity contribution in [2.45, 2.75) is 18.6 Å². The van der Waals surface area contributed by atoms with Crippen molar-refractivity contribution in [1.29, 1.82) is 0 Å². The molecule has 3 heterocycles. The van der Waals surface area contributed by atoms with E-state index in [9.17, 15) is 0 Å². The molecule has 24 heavy (non-hydrogen) atoms. The highest BCUT2D eigenvalue weighted by atomic mass is 79.9. The molecule has 0 amide bonds. The first-order valence-corrected chi connectivity index (χ1v) is 8.90. The van der Waals surface area contributed by atoms with Crippen LogP contribution < -0.4 is 10.2 Å². The van der Waals surface area contributed by atoms with Gasteiger partial charge in [0.2, 0.25) is 5.95 Å². The highest BCUT2D eigenvalue weighted by molar-refractivity contribution is 9.10. The van der Waals surface area contributed by atoms with Crippen LogP contribution in [0.25, 0.3) is 0 Å². The molecule has 0 bridgehead atoms. The maximum atomic E-state index is 5.77. The second-order valence-electron chi connectivity index (χ2n) is 5.97. The van der Waals surface area contributed by atoms with Gasteiger partial charge >= 0.3 is 0 Å². The van der Waals surface area contributed by atoms with Gasteiger partial charge in [-0.25, -0.2) is 4.98 Å². The predicted octanol–water partition coefficient (Wildman–Crippen LogP) is 3.33. The molecule has 126 valence electrons. The van der Waals surface area contributed by atoms with Crippen LogP contribution in [-0.2, 0) is 9.47 Å². The molecule has 4 rings (SSSR count). The Hall–Kier alpha value is -1.70. The minimum absolute atomic E-state index is 0.372. The second kappa shape index (κ2) is 6.66. The number of hydrogen-bond donors (Lipinski definition) is 1. The summed E-state index contributed by atoms with van der Waals surface area (Å²) >= 11 is 3.48. The molecule has 0 aliphatic carbocycles. The lowest BCUT2D eigenvalue weighted by Gasteiger charge is -2.37. The fourth-order valence-corrected chi connectivity index (χ4v) is 3.52. The van der Waals surface area contributed by atoms with E-state index in [2.05, 4.69) is 36.1 Å². The first-order chi connectivity index (χ1) is 11.7. The minimum Gasteiger partial charge on any atom is -0.347 e. The zero-order chi connectivity index (χ0) is 16.4. The molecular weight excluding hydrogens is 372 g/mol. The molecule has 0 unspecified atom stereocenters. The highest BCUT2D eigenvalue weighted by Gasteiger charge is 2.40. The zero-order valence-corrected chi connectivity index (χ0v) is 14.8. The van der Waals surface area contributed by atoms with Crippen LogP contribution in [0.1, 0.15) is 12.8 Å². The summed E-state index contributed by atoms with van der Waals surface area (Å²) in [5, 5.41) is 3.32. The third-order valence-corrected chi connectivity index (χ3v) is 4.85. The fraction of sp³-hybridized carbons (Fsp3) is 0.412. The number of nitrogens with one attached hydrogen (secondary N) is 1. The molecule has 2 aliphatic heterocycles. The number of benzene rings is 1. The Balaban J connectivity index is 1.45. The Morgan fingerprint density at radius 3 is 2.67 bits per heavy atom. The van der Waals surface area contributed by atoms with E-state index in [4.69, 9.17) is 9.47 Å². The lowest BCUT2D eigenvalue weighted by atomic mass is 10.0. The fourth-order valence-electron chi connectivity index (χ4n) is 3.12. The monoisotopic (exact) mass is 390 g/mol. The van der Waals surface area contributed by atoms with E-state index in [-0.39, 0.29) is 5.79 Å². The van der Waals surface area contributed by atoms with Crippen LogP contribution in [0.15, 0.2) is 41.0 Å². The van der Waals surface area contributed by atoms with Gasteiger partial charge in [0, 0.05) is 42.3 Å². The van der Waals surface area contributed by atoms with Crippen molar-refractivity contribution in [1.82, 2.24) is 9.97 Å². The number of rotatable bonds is 3. The minimum atomic E-state index is -0.372. The van der Waals surface area contributed by atoms with Crippen molar-refractivity contribution in [3.05, 3.63) is 41.0 Å². The third-order valence-electron chi connectivity index (χ3n) is 4.36. The van der Waals surface area contributed by atoms with Gasteiger partial charge in [0.1, 0.15) is 5.82 Å². The van der Waals surface area contributed by atoms with Gasteiger partial charge in [0.15, 0.2) is 5.79 Å². The Labute approximate surface area is 149 Å². The van der Waals surface area contributed by atoms with Crippen LogP contribution in [0.4, 0.5) is 17.5 Å². The summed E-state index contributed by atoms with van der Waals surface area (Å²) in [5.41, 5.74) is 0.986. The summed E-state index contributed by atoms with van der Waals surface area (Å²) in [7, 11) is 0. The summed E-state index contributed by atoms with van der Waals surface area (Å²) in [6.07, 6.45) is 3.48. The van der Waals surface area contributed by atoms with E-state index in [1.165, 1.54) is 0 Å². The molecule has 2 aromatic rings. The lowest BCUT2D eigenvalue weighted by molar-refractivity contribution is -0.169. The molecule has 1 spiro atoms. The van der Waals surface area contributed by atoms with Crippen molar-refractivity contribution in [2.24, 2.45) is 0 Å². The molecule has 1 aromatic heterocycles. The van der Waals surface area contributed by atoms with Crippen LogP contribution in [0, 0.1) is 0 Å². The van der Waals surface area contributed by atoms with Crippen molar-refractivity contribution < 1.29 is 9.47 Å². The molecule has 0 radical (unpaired) electrons. The van der Waals surface area contributed by atoms with E-state index < -0.39 is 0 Å². The molecule has 0 saturated carbocycles. The van der Waals surface area contributed by atoms with Gasteiger partial charge in [-0.15, -0.1) is 0 Å². The zero-order valence-electron chi connectivity index (χ0n) is 13.2. The predicted molar refractivity (Wildman–Crippen MR) is 95.5 cm³/mol. The van der Waals surface area contributed by atoms with Gasteiger partial charge in [-0.1, -0.05) is 22.0 Å². The van der Waals surface area contributed by atoms with Crippen molar-refractivity contribution >= 4 is 33.4 Å². The first kappa shape index (κ1) is 15.8. The average Bonchev–Trinajstić information content (AvgIpc) is 3.04. The Morgan fingerprint density at radius 2 is 1.92 bits per heavy atom. The molecular formula is C17H19BrN4O2. The summed E-state index contributed by atoms with van der Waals surface area (Å²) < 4.78 is 12.6. The number of aromatic nitrogens is 2. The topological polar surface area (TPSA) is 59.5 Å². The summed E-state index contributed by atoms with van der Waals surface area (Å²) in [6.45, 7) is 3.06. The normalized spacial score (nSPS) is 19.6. The second-order valence-corrected chi connectivity index (χ2v) is 6.89. The Bertz CT molecular complexity index is 711. The van der Waals surface area contributed by atoms with E-state index in [0.717, 1.165) is 47.9 Å². The smallest absolute Gasteiger partial charge is 0.227 e. The van der Waals surface area contributed by atoms with Crippen molar-refractivity contribution in [3.8, 4) is 0 Å². The maximum absolute atomic E-state index is 5.77. The molecule has 2 saturated heterocycles. The first-order valence-electron chi connectivity index (χ1n) is 8.11. The van der Waals surface area contributed by atoms with E-state index in [1.54, 1.807) is 6.20 Å². The van der Waals surface area contributed by atoms with Crippen LogP contribution in [0.5, 0.6) is 0 Å². The number of ether oxygens (including phenoxy) is 2. The summed E-state index contributed by atoms with van der Waals surface area (Å²) in [4.78, 5) is 11.2. The lowest BCUT2D eigenvalue weighted by Crippen LogP contribution is -2.45. The van der Waals surface area contributed by atoms with Crippen LogP contribution in [0.3, 0.4) is 0 Å². The van der Waals surface area contributed by atoms with E-state index in [1.807, 2.05) is 30.3 Å². The van der Waals surface area contributed by atoms with Gasteiger partial charge in [0.05, 0.1) is 13.2 Å². The molecule has 1 aromatic carbocycles. The van der Waals surface area contributed by atoms with Crippen LogP contribution >= 0.6 is 15.9 Å². The SMILES string of the molecule is Brc1cccc(Nc2ccnc(N3CCC4(CC3)OCCO4)n2)c1. The van der Waals surface area contributed by atoms with E-state index in [0.29, 0.717) is 13.2 Å². The number of halogens is 1. The van der Waals surface area contributed by atoms with Crippen molar-refractivity contribution in [2.75, 3.05) is 36.5 Å². The number of hydrogen-bond acceptors (Lipinski definition) is 6. The number of anilines is 3. The molecule has 6 nitrogen and oxygen atoms in total. The number of nitrogens with zero attached hydrogens (tertiary/aromatic N) is 3. The Morgan fingerprint density at radius 1 is 1.12 bits per heavy atom. The Kier molecular flexibility index (Phi) is 4.39. The van der Waals surface area contributed by atoms with Crippen molar-refractivity contribution in [3.63, 3.8) is 0 Å². The summed E-state index contributed by atoms with van der Waals surface area (Å²) in [6, 6.07) is 9.87. The van der Waals surface area contributed by atoms with Gasteiger partial charge in [-0.3, -0.25) is 0 Å². The molecule has 1 N–H and O–H groups in total. The largest absolute Gasteiger partial charge is 0.347 e. The highest BCUT2D eigenvalue weighted by Crippen LogP contribution is 2.32.